The highest BCUT2D eigenvalue weighted by molar-refractivity contribution is 5.71. The Labute approximate surface area is 164 Å². The number of carbonyl (C=O) groups excluding carboxylic acids is 1. The van der Waals surface area contributed by atoms with E-state index in [2.05, 4.69) is 50.8 Å². The van der Waals surface area contributed by atoms with Gasteiger partial charge in [0.2, 0.25) is 0 Å². The number of benzene rings is 2. The average molecular weight is 371 g/mol. The standard InChI is InChI=1S/C19H24O2.C3H6.C2H4O/c1-14-6-8-19(17(11-14)5-4-10-21-3)18-9-7-16(13-20)12-15(18)2;1-3-2;1-2-3/h6-9,11-12,20H,4-5,10,13H2,1-3H3;3H,1H2,2H3;2H,1H3. The Morgan fingerprint density at radius 2 is 1.67 bits per heavy atom. The predicted octanol–water partition coefficient (Wildman–Crippen LogP) is 5.44. The van der Waals surface area contributed by atoms with E-state index in [9.17, 15) is 5.11 Å². The van der Waals surface area contributed by atoms with Gasteiger partial charge in [0.25, 0.3) is 0 Å². The van der Waals surface area contributed by atoms with Gasteiger partial charge in [-0.2, -0.15) is 0 Å². The highest BCUT2D eigenvalue weighted by Gasteiger charge is 2.08. The first kappa shape index (κ1) is 24.8. The average Bonchev–Trinajstić information content (AvgIpc) is 2.64. The van der Waals surface area contributed by atoms with E-state index in [1.807, 2.05) is 13.0 Å². The van der Waals surface area contributed by atoms with Gasteiger partial charge in [0.15, 0.2) is 0 Å². The van der Waals surface area contributed by atoms with Gasteiger partial charge in [-0.3, -0.25) is 0 Å². The molecule has 0 fully saturated rings. The molecule has 0 bridgehead atoms. The third kappa shape index (κ3) is 9.32. The summed E-state index contributed by atoms with van der Waals surface area (Å²) < 4.78 is 5.17. The van der Waals surface area contributed by atoms with Crippen molar-refractivity contribution in [3.05, 3.63) is 71.3 Å². The summed E-state index contributed by atoms with van der Waals surface area (Å²) >= 11 is 0. The van der Waals surface area contributed by atoms with E-state index in [0.717, 1.165) is 31.3 Å². The number of aldehydes is 1. The molecule has 1 N–H and O–H groups in total. The fourth-order valence-electron chi connectivity index (χ4n) is 2.73. The number of ether oxygens (including phenoxy) is 1. The smallest absolute Gasteiger partial charge is 0.116 e. The number of rotatable bonds is 6. The van der Waals surface area contributed by atoms with Crippen molar-refractivity contribution in [3.8, 4) is 11.1 Å². The lowest BCUT2D eigenvalue weighted by molar-refractivity contribution is -0.106. The molecule has 0 unspecified atom stereocenters. The van der Waals surface area contributed by atoms with Crippen LogP contribution in [0, 0.1) is 13.8 Å². The van der Waals surface area contributed by atoms with Crippen molar-refractivity contribution in [2.24, 2.45) is 0 Å². The monoisotopic (exact) mass is 370 g/mol. The van der Waals surface area contributed by atoms with E-state index in [-0.39, 0.29) is 6.61 Å². The summed E-state index contributed by atoms with van der Waals surface area (Å²) in [4.78, 5) is 8.81. The van der Waals surface area contributed by atoms with Crippen LogP contribution in [0.15, 0.2) is 49.1 Å². The first-order valence-corrected chi connectivity index (χ1v) is 9.24. The highest BCUT2D eigenvalue weighted by atomic mass is 16.5. The van der Waals surface area contributed by atoms with E-state index in [0.29, 0.717) is 0 Å². The third-order valence-electron chi connectivity index (χ3n) is 3.82. The van der Waals surface area contributed by atoms with Gasteiger partial charge in [0.1, 0.15) is 6.29 Å². The van der Waals surface area contributed by atoms with E-state index in [4.69, 9.17) is 9.53 Å². The minimum Gasteiger partial charge on any atom is -0.392 e. The van der Waals surface area contributed by atoms with E-state index in [1.54, 1.807) is 13.2 Å². The van der Waals surface area contributed by atoms with Crippen LogP contribution in [0.1, 0.15) is 42.5 Å². The third-order valence-corrected chi connectivity index (χ3v) is 3.82. The molecule has 27 heavy (non-hydrogen) atoms. The zero-order chi connectivity index (χ0) is 20.7. The van der Waals surface area contributed by atoms with Crippen molar-refractivity contribution in [2.75, 3.05) is 13.7 Å². The first-order valence-electron chi connectivity index (χ1n) is 9.24. The molecular weight excluding hydrogens is 336 g/mol. The van der Waals surface area contributed by atoms with Crippen molar-refractivity contribution in [2.45, 2.75) is 47.1 Å². The van der Waals surface area contributed by atoms with Crippen LogP contribution >= 0.6 is 0 Å². The molecule has 0 amide bonds. The minimum absolute atomic E-state index is 0.0930. The molecule has 3 nitrogen and oxygen atoms in total. The number of hydrogen-bond donors (Lipinski definition) is 1. The van der Waals surface area contributed by atoms with Crippen LogP contribution in [0.25, 0.3) is 11.1 Å². The topological polar surface area (TPSA) is 46.5 Å². The Hall–Kier alpha value is -2.23. The molecule has 0 aliphatic rings. The molecule has 2 aromatic carbocycles. The van der Waals surface area contributed by atoms with Crippen LogP contribution < -0.4 is 0 Å². The molecule has 0 aromatic heterocycles. The Kier molecular flexibility index (Phi) is 13.7. The molecule has 3 heteroatoms. The maximum Gasteiger partial charge on any atom is 0.116 e. The molecule has 0 spiro atoms. The maximum absolute atomic E-state index is 9.24. The summed E-state index contributed by atoms with van der Waals surface area (Å²) in [5, 5.41) is 9.24. The van der Waals surface area contributed by atoms with Gasteiger partial charge < -0.3 is 14.6 Å². The van der Waals surface area contributed by atoms with Gasteiger partial charge in [-0.05, 0) is 68.4 Å². The second-order valence-corrected chi connectivity index (χ2v) is 6.21. The Balaban J connectivity index is 0.000000997. The lowest BCUT2D eigenvalue weighted by atomic mass is 9.91. The molecule has 0 saturated carbocycles. The lowest BCUT2D eigenvalue weighted by Crippen LogP contribution is -1.97. The fraction of sp³-hybridized carbons (Fsp3) is 0.375. The fourth-order valence-corrected chi connectivity index (χ4v) is 2.73. The van der Waals surface area contributed by atoms with E-state index in [1.165, 1.54) is 34.7 Å². The SMILES string of the molecule is C=CC.CC=O.COCCCc1cc(C)ccc1-c1ccc(CO)cc1C. The highest BCUT2D eigenvalue weighted by Crippen LogP contribution is 2.29. The normalized spacial score (nSPS) is 9.41. The Morgan fingerprint density at radius 3 is 2.19 bits per heavy atom. The van der Waals surface area contributed by atoms with Gasteiger partial charge in [-0.25, -0.2) is 0 Å². The predicted molar refractivity (Wildman–Crippen MR) is 115 cm³/mol. The largest absolute Gasteiger partial charge is 0.392 e. The maximum atomic E-state index is 9.24. The van der Waals surface area contributed by atoms with Crippen molar-refractivity contribution >= 4 is 6.29 Å². The van der Waals surface area contributed by atoms with Crippen LogP contribution in [-0.4, -0.2) is 25.1 Å². The van der Waals surface area contributed by atoms with E-state index < -0.39 is 0 Å². The van der Waals surface area contributed by atoms with Crippen molar-refractivity contribution in [1.82, 2.24) is 0 Å². The minimum atomic E-state index is 0.0930. The van der Waals surface area contributed by atoms with Crippen molar-refractivity contribution < 1.29 is 14.6 Å². The van der Waals surface area contributed by atoms with Gasteiger partial charge in [-0.15, -0.1) is 6.58 Å². The summed E-state index contributed by atoms with van der Waals surface area (Å²) in [6.07, 6.45) is 4.55. The molecule has 0 heterocycles. The molecule has 2 aromatic rings. The van der Waals surface area contributed by atoms with Gasteiger partial charge in [0.05, 0.1) is 6.61 Å². The summed E-state index contributed by atoms with van der Waals surface area (Å²) in [5.74, 6) is 0. The van der Waals surface area contributed by atoms with Crippen LogP contribution in [0.4, 0.5) is 0 Å². The number of aliphatic hydroxyl groups is 1. The first-order chi connectivity index (χ1) is 13.0. The number of methoxy groups -OCH3 is 1. The number of aliphatic hydroxyl groups excluding tert-OH is 1. The molecule has 2 rings (SSSR count). The van der Waals surface area contributed by atoms with Crippen LogP contribution in [0.5, 0.6) is 0 Å². The molecule has 0 atom stereocenters. The number of carbonyl (C=O) groups is 1. The van der Waals surface area contributed by atoms with E-state index >= 15 is 0 Å². The molecule has 0 aliphatic carbocycles. The Morgan fingerprint density at radius 1 is 1.07 bits per heavy atom. The Bertz CT molecular complexity index is 684. The quantitative estimate of drug-likeness (QED) is 0.418. The summed E-state index contributed by atoms with van der Waals surface area (Å²) in [5.41, 5.74) is 7.36. The van der Waals surface area contributed by atoms with Crippen molar-refractivity contribution in [1.29, 1.82) is 0 Å². The molecular formula is C24H34O3. The molecule has 148 valence electrons. The zero-order valence-electron chi connectivity index (χ0n) is 17.4. The second kappa shape index (κ2) is 14.9. The zero-order valence-corrected chi connectivity index (χ0v) is 17.4. The van der Waals surface area contributed by atoms with Gasteiger partial charge in [0, 0.05) is 13.7 Å². The van der Waals surface area contributed by atoms with Gasteiger partial charge in [-0.1, -0.05) is 48.0 Å². The lowest BCUT2D eigenvalue weighted by Gasteiger charge is -2.14. The van der Waals surface area contributed by atoms with Crippen molar-refractivity contribution in [3.63, 3.8) is 0 Å². The van der Waals surface area contributed by atoms with Crippen LogP contribution in [0.3, 0.4) is 0 Å². The number of hydrogen-bond acceptors (Lipinski definition) is 3. The second-order valence-electron chi connectivity index (χ2n) is 6.21. The number of allylic oxidation sites excluding steroid dienone is 1. The van der Waals surface area contributed by atoms with Gasteiger partial charge >= 0.3 is 0 Å². The molecule has 0 radical (unpaired) electrons. The molecule has 0 aliphatic heterocycles. The van der Waals surface area contributed by atoms with Crippen LogP contribution in [-0.2, 0) is 22.6 Å². The summed E-state index contributed by atoms with van der Waals surface area (Å²) in [6.45, 7) is 11.8. The molecule has 0 saturated heterocycles. The summed E-state index contributed by atoms with van der Waals surface area (Å²) in [6, 6.07) is 12.8. The van der Waals surface area contributed by atoms with Crippen LogP contribution in [0.2, 0.25) is 0 Å². The summed E-state index contributed by atoms with van der Waals surface area (Å²) in [7, 11) is 1.74. The number of aryl methyl sites for hydroxylation is 3.